The molecule has 2 N–H and O–H groups in total. The van der Waals surface area contributed by atoms with E-state index in [4.69, 9.17) is 4.74 Å². The maximum absolute atomic E-state index is 11.6. The number of phenolic OH excluding ortho intramolecular Hbond substituents is 1. The molecular weight excluding hydrogens is 268 g/mol. The molecule has 0 bridgehead atoms. The van der Waals surface area contributed by atoms with Crippen LogP contribution < -0.4 is 10.2 Å². The van der Waals surface area contributed by atoms with Crippen LogP contribution >= 0.6 is 0 Å². The molecule has 108 valence electrons. The molecular formula is C16H16N2O3. The molecule has 0 aliphatic heterocycles. The van der Waals surface area contributed by atoms with Gasteiger partial charge in [-0.25, -0.2) is 5.43 Å². The van der Waals surface area contributed by atoms with Gasteiger partial charge in [0, 0.05) is 0 Å². The summed E-state index contributed by atoms with van der Waals surface area (Å²) in [6, 6.07) is 14.0. The number of amides is 1. The second-order valence-electron chi connectivity index (χ2n) is 4.49. The van der Waals surface area contributed by atoms with E-state index < -0.39 is 0 Å². The molecule has 0 saturated carbocycles. The number of hydrogen-bond donors (Lipinski definition) is 2. The molecule has 2 aromatic carbocycles. The van der Waals surface area contributed by atoms with Crippen molar-refractivity contribution in [1.29, 1.82) is 0 Å². The number of carbonyl (C=O) groups excluding carboxylic acids is 1. The van der Waals surface area contributed by atoms with E-state index in [9.17, 15) is 9.90 Å². The van der Waals surface area contributed by atoms with E-state index in [0.717, 1.165) is 5.56 Å². The van der Waals surface area contributed by atoms with Crippen molar-refractivity contribution >= 4 is 12.1 Å². The van der Waals surface area contributed by atoms with Gasteiger partial charge in [0.15, 0.2) is 6.61 Å². The first-order valence-electron chi connectivity index (χ1n) is 6.44. The van der Waals surface area contributed by atoms with Crippen LogP contribution in [-0.4, -0.2) is 23.8 Å². The lowest BCUT2D eigenvalue weighted by molar-refractivity contribution is -0.123. The van der Waals surface area contributed by atoms with E-state index in [2.05, 4.69) is 10.5 Å². The number of rotatable bonds is 5. The summed E-state index contributed by atoms with van der Waals surface area (Å²) in [6.45, 7) is 1.84. The molecule has 0 aromatic heterocycles. The fraction of sp³-hybridized carbons (Fsp3) is 0.125. The molecule has 0 atom stereocenters. The first kappa shape index (κ1) is 14.6. The lowest BCUT2D eigenvalue weighted by Crippen LogP contribution is -2.24. The highest BCUT2D eigenvalue weighted by molar-refractivity contribution is 5.83. The Morgan fingerprint density at radius 1 is 1.29 bits per heavy atom. The van der Waals surface area contributed by atoms with Gasteiger partial charge < -0.3 is 9.84 Å². The van der Waals surface area contributed by atoms with Crippen LogP contribution in [0.1, 0.15) is 11.1 Å². The van der Waals surface area contributed by atoms with Crippen molar-refractivity contribution in [3.8, 4) is 11.5 Å². The van der Waals surface area contributed by atoms with Crippen LogP contribution in [0.2, 0.25) is 0 Å². The van der Waals surface area contributed by atoms with Crippen molar-refractivity contribution < 1.29 is 14.6 Å². The Morgan fingerprint density at radius 3 is 2.86 bits per heavy atom. The maximum atomic E-state index is 11.6. The van der Waals surface area contributed by atoms with E-state index in [1.54, 1.807) is 30.3 Å². The number of phenols is 1. The third-order valence-electron chi connectivity index (χ3n) is 2.63. The van der Waals surface area contributed by atoms with Crippen LogP contribution in [0, 0.1) is 6.92 Å². The van der Waals surface area contributed by atoms with Gasteiger partial charge in [-0.05, 0) is 42.3 Å². The Kier molecular flexibility index (Phi) is 4.93. The van der Waals surface area contributed by atoms with Gasteiger partial charge >= 0.3 is 0 Å². The van der Waals surface area contributed by atoms with Crippen LogP contribution in [0.25, 0.3) is 0 Å². The molecule has 0 saturated heterocycles. The molecule has 0 spiro atoms. The monoisotopic (exact) mass is 284 g/mol. The molecule has 2 aromatic rings. The number of ether oxygens (including phenoxy) is 1. The number of hydrogen-bond acceptors (Lipinski definition) is 4. The van der Waals surface area contributed by atoms with Gasteiger partial charge in [0.05, 0.1) is 6.21 Å². The van der Waals surface area contributed by atoms with Crippen LogP contribution in [0.15, 0.2) is 53.6 Å². The van der Waals surface area contributed by atoms with Crippen LogP contribution in [0.4, 0.5) is 0 Å². The van der Waals surface area contributed by atoms with Crippen molar-refractivity contribution in [3.63, 3.8) is 0 Å². The smallest absolute Gasteiger partial charge is 0.277 e. The average Bonchev–Trinajstić information content (AvgIpc) is 2.45. The minimum Gasteiger partial charge on any atom is -0.508 e. The summed E-state index contributed by atoms with van der Waals surface area (Å²) < 4.78 is 5.34. The van der Waals surface area contributed by atoms with Gasteiger partial charge in [-0.1, -0.05) is 24.3 Å². The largest absolute Gasteiger partial charge is 0.508 e. The lowest BCUT2D eigenvalue weighted by atomic mass is 10.2. The second-order valence-corrected chi connectivity index (χ2v) is 4.49. The second kappa shape index (κ2) is 7.09. The molecule has 0 aliphatic rings. The van der Waals surface area contributed by atoms with Gasteiger partial charge in [-0.3, -0.25) is 4.79 Å². The summed E-state index contributed by atoms with van der Waals surface area (Å²) in [5, 5.41) is 13.1. The molecule has 0 fully saturated rings. The first-order chi connectivity index (χ1) is 10.1. The zero-order chi connectivity index (χ0) is 15.1. The van der Waals surface area contributed by atoms with E-state index in [-0.39, 0.29) is 18.3 Å². The van der Waals surface area contributed by atoms with Crippen LogP contribution in [0.3, 0.4) is 0 Å². The van der Waals surface area contributed by atoms with Gasteiger partial charge in [-0.2, -0.15) is 5.10 Å². The van der Waals surface area contributed by atoms with E-state index in [1.807, 2.05) is 25.1 Å². The molecule has 0 aliphatic carbocycles. The highest BCUT2D eigenvalue weighted by Crippen LogP contribution is 2.12. The van der Waals surface area contributed by atoms with Crippen molar-refractivity contribution in [3.05, 3.63) is 59.7 Å². The standard InChI is InChI=1S/C16H16N2O3/c1-12-4-2-7-15(8-12)21-11-16(20)18-17-10-13-5-3-6-14(19)9-13/h2-10,19H,11H2,1H3,(H,18,20). The van der Waals surface area contributed by atoms with Crippen molar-refractivity contribution in [2.75, 3.05) is 6.61 Å². The number of aromatic hydroxyl groups is 1. The summed E-state index contributed by atoms with van der Waals surface area (Å²) in [7, 11) is 0. The van der Waals surface area contributed by atoms with Gasteiger partial charge in [0.1, 0.15) is 11.5 Å². The third kappa shape index (κ3) is 4.99. The molecule has 0 heterocycles. The Morgan fingerprint density at radius 2 is 2.10 bits per heavy atom. The quantitative estimate of drug-likeness (QED) is 0.653. The summed E-state index contributed by atoms with van der Waals surface area (Å²) in [5.74, 6) is 0.433. The molecule has 0 radical (unpaired) electrons. The summed E-state index contributed by atoms with van der Waals surface area (Å²) >= 11 is 0. The molecule has 0 unspecified atom stereocenters. The van der Waals surface area contributed by atoms with Gasteiger partial charge in [0.2, 0.25) is 0 Å². The fourth-order valence-electron chi connectivity index (χ4n) is 1.67. The Labute approximate surface area is 122 Å². The predicted molar refractivity (Wildman–Crippen MR) is 80.5 cm³/mol. The topological polar surface area (TPSA) is 70.9 Å². The molecule has 5 nitrogen and oxygen atoms in total. The molecule has 1 amide bonds. The summed E-state index contributed by atoms with van der Waals surface area (Å²) in [5.41, 5.74) is 4.11. The zero-order valence-corrected chi connectivity index (χ0v) is 11.6. The lowest BCUT2D eigenvalue weighted by Gasteiger charge is -2.05. The number of aryl methyl sites for hydroxylation is 1. The van der Waals surface area contributed by atoms with Crippen LogP contribution in [-0.2, 0) is 4.79 Å². The average molecular weight is 284 g/mol. The first-order valence-corrected chi connectivity index (χ1v) is 6.44. The van der Waals surface area contributed by atoms with Crippen molar-refractivity contribution in [2.24, 2.45) is 5.10 Å². The predicted octanol–water partition coefficient (Wildman–Crippen LogP) is 2.23. The maximum Gasteiger partial charge on any atom is 0.277 e. The van der Waals surface area contributed by atoms with E-state index in [1.165, 1.54) is 6.21 Å². The minimum absolute atomic E-state index is 0.110. The number of carbonyl (C=O) groups is 1. The van der Waals surface area contributed by atoms with Crippen molar-refractivity contribution in [2.45, 2.75) is 6.92 Å². The number of benzene rings is 2. The molecule has 2 rings (SSSR count). The van der Waals surface area contributed by atoms with Crippen LogP contribution in [0.5, 0.6) is 11.5 Å². The number of hydrazone groups is 1. The number of nitrogens with zero attached hydrogens (tertiary/aromatic N) is 1. The summed E-state index contributed by atoms with van der Waals surface area (Å²) in [6.07, 6.45) is 1.45. The molecule has 21 heavy (non-hydrogen) atoms. The van der Waals surface area contributed by atoms with E-state index >= 15 is 0 Å². The Balaban J connectivity index is 1.80. The van der Waals surface area contributed by atoms with Gasteiger partial charge in [-0.15, -0.1) is 0 Å². The van der Waals surface area contributed by atoms with Crippen molar-refractivity contribution in [1.82, 2.24) is 5.43 Å². The zero-order valence-electron chi connectivity index (χ0n) is 11.6. The Hall–Kier alpha value is -2.82. The Bertz CT molecular complexity index is 653. The normalized spacial score (nSPS) is 10.5. The third-order valence-corrected chi connectivity index (χ3v) is 2.63. The highest BCUT2D eigenvalue weighted by atomic mass is 16.5. The van der Waals surface area contributed by atoms with E-state index in [0.29, 0.717) is 11.3 Å². The number of nitrogens with one attached hydrogen (secondary N) is 1. The van der Waals surface area contributed by atoms with Gasteiger partial charge in [0.25, 0.3) is 5.91 Å². The minimum atomic E-state index is -0.354. The highest BCUT2D eigenvalue weighted by Gasteiger charge is 2.01. The molecule has 5 heteroatoms. The summed E-state index contributed by atoms with van der Waals surface area (Å²) in [4.78, 5) is 11.6. The fourth-order valence-corrected chi connectivity index (χ4v) is 1.67. The SMILES string of the molecule is Cc1cccc(OCC(=O)NN=Cc2cccc(O)c2)c1.